The summed E-state index contributed by atoms with van der Waals surface area (Å²) in [7, 11) is 0. The summed E-state index contributed by atoms with van der Waals surface area (Å²) in [5.74, 6) is -0.406. The third-order valence-corrected chi connectivity index (χ3v) is 1.54. The monoisotopic (exact) mass is 185 g/mol. The zero-order valence-electron chi connectivity index (χ0n) is 7.33. The molecule has 0 aliphatic heterocycles. The van der Waals surface area contributed by atoms with Gasteiger partial charge in [0.1, 0.15) is 6.10 Å². The molecule has 3 N–H and O–H groups in total. The molecule has 1 rings (SSSR count). The highest BCUT2D eigenvalue weighted by atomic mass is 19.1. The third kappa shape index (κ3) is 2.59. The van der Waals surface area contributed by atoms with Gasteiger partial charge in [0, 0.05) is 11.8 Å². The fourth-order valence-corrected chi connectivity index (χ4v) is 0.867. The third-order valence-electron chi connectivity index (χ3n) is 1.54. The number of hydrogen-bond donors (Lipinski definition) is 2. The number of nitrogens with two attached hydrogens (primary N) is 1. The van der Waals surface area contributed by atoms with Crippen molar-refractivity contribution in [3.05, 3.63) is 24.0 Å². The Morgan fingerprint density at radius 1 is 1.62 bits per heavy atom. The van der Waals surface area contributed by atoms with Gasteiger partial charge in [0.2, 0.25) is 0 Å². The van der Waals surface area contributed by atoms with Crippen LogP contribution in [-0.4, -0.2) is 17.8 Å². The van der Waals surface area contributed by atoms with Crippen LogP contribution < -0.4 is 10.5 Å². The molecule has 0 amide bonds. The summed E-state index contributed by atoms with van der Waals surface area (Å²) in [4.78, 5) is 0. The van der Waals surface area contributed by atoms with E-state index in [9.17, 15) is 4.39 Å². The van der Waals surface area contributed by atoms with Crippen molar-refractivity contribution in [1.82, 2.24) is 0 Å². The molecule has 0 heterocycles. The van der Waals surface area contributed by atoms with Gasteiger partial charge in [0.05, 0.1) is 6.61 Å². The van der Waals surface area contributed by atoms with E-state index < -0.39 is 11.9 Å². The number of hydrogen-bond acceptors (Lipinski definition) is 3. The molecule has 0 saturated carbocycles. The zero-order valence-corrected chi connectivity index (χ0v) is 7.33. The van der Waals surface area contributed by atoms with Crippen LogP contribution in [0, 0.1) is 5.82 Å². The van der Waals surface area contributed by atoms with Gasteiger partial charge in [-0.15, -0.1) is 0 Å². The van der Waals surface area contributed by atoms with E-state index in [0.29, 0.717) is 5.69 Å². The van der Waals surface area contributed by atoms with Crippen LogP contribution in [0.25, 0.3) is 0 Å². The minimum Gasteiger partial charge on any atom is -0.485 e. The molecule has 13 heavy (non-hydrogen) atoms. The van der Waals surface area contributed by atoms with Crippen molar-refractivity contribution >= 4 is 5.69 Å². The molecule has 0 unspecified atom stereocenters. The molecule has 0 radical (unpaired) electrons. The Hall–Kier alpha value is -1.29. The molecule has 1 aromatic carbocycles. The fraction of sp³-hybridized carbons (Fsp3) is 0.333. The minimum atomic E-state index is -0.514. The van der Waals surface area contributed by atoms with E-state index in [4.69, 9.17) is 15.6 Å². The second kappa shape index (κ2) is 4.09. The Labute approximate surface area is 75.9 Å². The van der Waals surface area contributed by atoms with Crippen molar-refractivity contribution in [2.75, 3.05) is 12.3 Å². The number of halogens is 1. The average molecular weight is 185 g/mol. The molecule has 0 bridgehead atoms. The van der Waals surface area contributed by atoms with E-state index in [0.717, 1.165) is 0 Å². The Kier molecular flexibility index (Phi) is 3.08. The Bertz CT molecular complexity index is 291. The highest BCUT2D eigenvalue weighted by Gasteiger charge is 2.07. The fourth-order valence-electron chi connectivity index (χ4n) is 0.867. The van der Waals surface area contributed by atoms with Gasteiger partial charge in [0.15, 0.2) is 11.6 Å². The molecule has 0 fully saturated rings. The molecule has 3 nitrogen and oxygen atoms in total. The van der Waals surface area contributed by atoms with Crippen molar-refractivity contribution in [1.29, 1.82) is 0 Å². The smallest absolute Gasteiger partial charge is 0.167 e. The van der Waals surface area contributed by atoms with Crippen molar-refractivity contribution in [2.45, 2.75) is 13.0 Å². The normalized spacial score (nSPS) is 12.5. The molecular weight excluding hydrogens is 173 g/mol. The summed E-state index contributed by atoms with van der Waals surface area (Å²) in [6.45, 7) is 1.50. The number of benzene rings is 1. The summed E-state index contributed by atoms with van der Waals surface area (Å²) in [5, 5.41) is 8.67. The predicted octanol–water partition coefficient (Wildman–Crippen LogP) is 1.17. The van der Waals surface area contributed by atoms with Crippen LogP contribution >= 0.6 is 0 Å². The molecule has 1 atom stereocenters. The maximum Gasteiger partial charge on any atom is 0.167 e. The van der Waals surface area contributed by atoms with Crippen LogP contribution in [0.5, 0.6) is 5.75 Å². The lowest BCUT2D eigenvalue weighted by Crippen LogP contribution is -2.16. The van der Waals surface area contributed by atoms with Crippen LogP contribution in [0.3, 0.4) is 0 Å². The minimum absolute atomic E-state index is 0.107. The van der Waals surface area contributed by atoms with Gasteiger partial charge in [-0.1, -0.05) is 0 Å². The van der Waals surface area contributed by atoms with Gasteiger partial charge in [-0.05, 0) is 19.1 Å². The molecular formula is C9H12FNO2. The summed E-state index contributed by atoms with van der Waals surface area (Å²) in [6.07, 6.45) is -0.418. The summed E-state index contributed by atoms with van der Waals surface area (Å²) in [5.41, 5.74) is 5.69. The topological polar surface area (TPSA) is 55.5 Å². The zero-order chi connectivity index (χ0) is 9.84. The first-order valence-electron chi connectivity index (χ1n) is 3.96. The van der Waals surface area contributed by atoms with Gasteiger partial charge in [-0.25, -0.2) is 4.39 Å². The van der Waals surface area contributed by atoms with Gasteiger partial charge in [-0.3, -0.25) is 0 Å². The van der Waals surface area contributed by atoms with Crippen LogP contribution in [0.1, 0.15) is 6.92 Å². The second-order valence-electron chi connectivity index (χ2n) is 2.80. The van der Waals surface area contributed by atoms with E-state index in [2.05, 4.69) is 0 Å². The Balaban J connectivity index is 2.77. The maximum absolute atomic E-state index is 13.1. The van der Waals surface area contributed by atoms with Gasteiger partial charge in [-0.2, -0.15) is 0 Å². The Morgan fingerprint density at radius 2 is 2.31 bits per heavy atom. The van der Waals surface area contributed by atoms with Crippen molar-refractivity contribution in [3.63, 3.8) is 0 Å². The molecule has 0 aliphatic rings. The van der Waals surface area contributed by atoms with Crippen molar-refractivity contribution < 1.29 is 14.2 Å². The van der Waals surface area contributed by atoms with Crippen molar-refractivity contribution in [3.8, 4) is 5.75 Å². The number of ether oxygens (including phenoxy) is 1. The molecule has 4 heteroatoms. The van der Waals surface area contributed by atoms with Crippen LogP contribution in [0.15, 0.2) is 18.2 Å². The lowest BCUT2D eigenvalue weighted by Gasteiger charge is -2.12. The van der Waals surface area contributed by atoms with Crippen LogP contribution in [0.2, 0.25) is 0 Å². The highest BCUT2D eigenvalue weighted by Crippen LogP contribution is 2.20. The maximum atomic E-state index is 13.1. The van der Waals surface area contributed by atoms with Crippen LogP contribution in [-0.2, 0) is 0 Å². The van der Waals surface area contributed by atoms with Gasteiger partial charge in [0.25, 0.3) is 0 Å². The number of nitrogen functional groups attached to an aromatic ring is 1. The number of aliphatic hydroxyl groups excluding tert-OH is 1. The largest absolute Gasteiger partial charge is 0.485 e. The van der Waals surface area contributed by atoms with E-state index in [1.165, 1.54) is 12.1 Å². The van der Waals surface area contributed by atoms with Gasteiger partial charge < -0.3 is 15.6 Å². The number of aliphatic hydroxyl groups is 1. The molecule has 0 aromatic heterocycles. The quantitative estimate of drug-likeness (QED) is 0.695. The summed E-state index contributed by atoms with van der Waals surface area (Å²) < 4.78 is 18.1. The predicted molar refractivity (Wildman–Crippen MR) is 48.0 cm³/mol. The first kappa shape index (κ1) is 9.80. The van der Waals surface area contributed by atoms with Gasteiger partial charge >= 0.3 is 0 Å². The number of rotatable bonds is 3. The molecule has 0 saturated heterocycles. The molecule has 0 spiro atoms. The Morgan fingerprint density at radius 3 is 2.85 bits per heavy atom. The number of anilines is 1. The first-order valence-corrected chi connectivity index (χ1v) is 3.96. The lowest BCUT2D eigenvalue weighted by atomic mass is 10.3. The standard InChI is InChI=1S/C9H12FNO2/c1-6(5-12)13-9-3-2-7(11)4-8(9)10/h2-4,6,12H,5,11H2,1H3/t6-/m1/s1. The highest BCUT2D eigenvalue weighted by molar-refractivity contribution is 5.42. The van der Waals surface area contributed by atoms with Crippen molar-refractivity contribution in [2.24, 2.45) is 0 Å². The van der Waals surface area contributed by atoms with E-state index in [1.807, 2.05) is 0 Å². The van der Waals surface area contributed by atoms with E-state index in [-0.39, 0.29) is 12.4 Å². The molecule has 72 valence electrons. The summed E-state index contributed by atoms with van der Waals surface area (Å²) >= 11 is 0. The van der Waals surface area contributed by atoms with E-state index in [1.54, 1.807) is 13.0 Å². The molecule has 1 aromatic rings. The van der Waals surface area contributed by atoms with E-state index >= 15 is 0 Å². The first-order chi connectivity index (χ1) is 6.13. The van der Waals surface area contributed by atoms with Crippen LogP contribution in [0.4, 0.5) is 10.1 Å². The summed E-state index contributed by atoms with van der Waals surface area (Å²) in [6, 6.07) is 4.17. The molecule has 0 aliphatic carbocycles. The second-order valence-corrected chi connectivity index (χ2v) is 2.80. The average Bonchev–Trinajstić information content (AvgIpc) is 2.09. The SMILES string of the molecule is C[C@H](CO)Oc1ccc(N)cc1F. The lowest BCUT2D eigenvalue weighted by molar-refractivity contribution is 0.125.